The number of pyridine rings is 2. The molecule has 0 saturated heterocycles. The molecule has 7 heteroatoms. The van der Waals surface area contributed by atoms with Crippen LogP contribution in [-0.2, 0) is 0 Å². The van der Waals surface area contributed by atoms with Gasteiger partial charge in [0.05, 0.1) is 18.2 Å². The molecule has 0 spiro atoms. The summed E-state index contributed by atoms with van der Waals surface area (Å²) in [7, 11) is 0. The number of nitrogens with one attached hydrogen (secondary N) is 1. The standard InChI is InChI=1S/C15H13N3O4/c19-14(11-8-9(15(20)21)3-6-16-11)18-10-4-7-22-12-2-1-5-17-13(10)12/h1-3,5-6,8,10H,4,7H2,(H,18,19)(H,20,21). The molecular weight excluding hydrogens is 286 g/mol. The van der Waals surface area contributed by atoms with Gasteiger partial charge in [0, 0.05) is 18.8 Å². The predicted molar refractivity (Wildman–Crippen MR) is 75.8 cm³/mol. The zero-order valence-corrected chi connectivity index (χ0v) is 11.5. The number of carbonyl (C=O) groups is 2. The first-order valence-corrected chi connectivity index (χ1v) is 6.73. The third kappa shape index (κ3) is 2.73. The van der Waals surface area contributed by atoms with Crippen molar-refractivity contribution in [3.05, 3.63) is 53.6 Å². The van der Waals surface area contributed by atoms with E-state index in [0.29, 0.717) is 24.5 Å². The predicted octanol–water partition coefficient (Wildman–Crippen LogP) is 1.43. The van der Waals surface area contributed by atoms with Gasteiger partial charge < -0.3 is 15.2 Å². The van der Waals surface area contributed by atoms with Crippen molar-refractivity contribution < 1.29 is 19.4 Å². The Bertz CT molecular complexity index is 732. The van der Waals surface area contributed by atoms with Crippen molar-refractivity contribution in [3.8, 4) is 5.75 Å². The molecule has 0 aliphatic carbocycles. The molecule has 2 aromatic rings. The van der Waals surface area contributed by atoms with E-state index in [0.717, 1.165) is 0 Å². The van der Waals surface area contributed by atoms with Gasteiger partial charge in [0.2, 0.25) is 0 Å². The van der Waals surface area contributed by atoms with Gasteiger partial charge in [-0.05, 0) is 24.3 Å². The van der Waals surface area contributed by atoms with Crippen molar-refractivity contribution in [2.45, 2.75) is 12.5 Å². The van der Waals surface area contributed by atoms with E-state index in [1.807, 2.05) is 0 Å². The molecule has 1 aliphatic rings. The Hall–Kier alpha value is -2.96. The van der Waals surface area contributed by atoms with Gasteiger partial charge in [-0.15, -0.1) is 0 Å². The summed E-state index contributed by atoms with van der Waals surface area (Å²) >= 11 is 0. The molecule has 1 aliphatic heterocycles. The molecule has 1 atom stereocenters. The van der Waals surface area contributed by atoms with Crippen LogP contribution in [0.1, 0.15) is 39.0 Å². The normalized spacial score (nSPS) is 16.3. The molecule has 3 heterocycles. The average Bonchev–Trinajstić information content (AvgIpc) is 2.55. The fourth-order valence-electron chi connectivity index (χ4n) is 2.27. The second kappa shape index (κ2) is 5.80. The van der Waals surface area contributed by atoms with E-state index in [1.165, 1.54) is 18.3 Å². The summed E-state index contributed by atoms with van der Waals surface area (Å²) in [6, 6.07) is 5.86. The van der Waals surface area contributed by atoms with E-state index < -0.39 is 11.9 Å². The Kier molecular flexibility index (Phi) is 3.69. The minimum Gasteiger partial charge on any atom is -0.491 e. The van der Waals surface area contributed by atoms with Crippen molar-refractivity contribution in [2.75, 3.05) is 6.61 Å². The van der Waals surface area contributed by atoms with Crippen LogP contribution in [0.15, 0.2) is 36.7 Å². The highest BCUT2D eigenvalue weighted by Crippen LogP contribution is 2.29. The number of aromatic nitrogens is 2. The number of carboxylic acids is 1. The van der Waals surface area contributed by atoms with Crippen LogP contribution >= 0.6 is 0 Å². The van der Waals surface area contributed by atoms with E-state index in [1.54, 1.807) is 18.3 Å². The van der Waals surface area contributed by atoms with Gasteiger partial charge in [-0.2, -0.15) is 0 Å². The number of fused-ring (bicyclic) bond motifs is 1. The number of carboxylic acid groups (broad SMARTS) is 1. The lowest BCUT2D eigenvalue weighted by Gasteiger charge is -2.25. The molecule has 22 heavy (non-hydrogen) atoms. The van der Waals surface area contributed by atoms with Crippen LogP contribution in [0.25, 0.3) is 0 Å². The minimum atomic E-state index is -1.10. The van der Waals surface area contributed by atoms with Gasteiger partial charge in [0.15, 0.2) is 0 Å². The second-order valence-electron chi connectivity index (χ2n) is 4.78. The van der Waals surface area contributed by atoms with Crippen molar-refractivity contribution >= 4 is 11.9 Å². The Labute approximate surface area is 126 Å². The van der Waals surface area contributed by atoms with Gasteiger partial charge in [0.25, 0.3) is 5.91 Å². The number of hydrogen-bond acceptors (Lipinski definition) is 5. The highest BCUT2D eigenvalue weighted by molar-refractivity contribution is 5.96. The van der Waals surface area contributed by atoms with E-state index in [-0.39, 0.29) is 17.3 Å². The topological polar surface area (TPSA) is 101 Å². The molecule has 3 rings (SSSR count). The van der Waals surface area contributed by atoms with Crippen LogP contribution in [0.2, 0.25) is 0 Å². The second-order valence-corrected chi connectivity index (χ2v) is 4.78. The molecule has 2 N–H and O–H groups in total. The van der Waals surface area contributed by atoms with Crippen LogP contribution in [0.4, 0.5) is 0 Å². The SMILES string of the molecule is O=C(O)c1ccnc(C(=O)NC2CCOc3cccnc32)c1. The lowest BCUT2D eigenvalue weighted by atomic mass is 10.1. The Balaban J connectivity index is 1.81. The van der Waals surface area contributed by atoms with Gasteiger partial charge in [0.1, 0.15) is 17.1 Å². The van der Waals surface area contributed by atoms with Crippen LogP contribution < -0.4 is 10.1 Å². The number of aromatic carboxylic acids is 1. The number of nitrogens with zero attached hydrogens (tertiary/aromatic N) is 2. The molecule has 0 bridgehead atoms. The third-order valence-corrected chi connectivity index (χ3v) is 3.34. The Morgan fingerprint density at radius 1 is 1.27 bits per heavy atom. The van der Waals surface area contributed by atoms with Gasteiger partial charge in [-0.1, -0.05) is 0 Å². The molecule has 0 saturated carbocycles. The number of ether oxygens (including phenoxy) is 1. The molecule has 0 aromatic carbocycles. The summed E-state index contributed by atoms with van der Waals surface area (Å²) in [6.45, 7) is 0.478. The molecular formula is C15H13N3O4. The summed E-state index contributed by atoms with van der Waals surface area (Å²) in [5.41, 5.74) is 0.742. The van der Waals surface area contributed by atoms with Gasteiger partial charge in [-0.3, -0.25) is 14.8 Å². The molecule has 7 nitrogen and oxygen atoms in total. The Morgan fingerprint density at radius 3 is 2.95 bits per heavy atom. The maximum Gasteiger partial charge on any atom is 0.335 e. The number of hydrogen-bond donors (Lipinski definition) is 2. The summed E-state index contributed by atoms with van der Waals surface area (Å²) in [5, 5.41) is 11.8. The summed E-state index contributed by atoms with van der Waals surface area (Å²) in [6.07, 6.45) is 3.53. The van der Waals surface area contributed by atoms with Gasteiger partial charge in [-0.25, -0.2) is 4.79 Å². The Morgan fingerprint density at radius 2 is 2.14 bits per heavy atom. The molecule has 0 fully saturated rings. The first kappa shape index (κ1) is 14.0. The fraction of sp³-hybridized carbons (Fsp3) is 0.200. The summed E-state index contributed by atoms with van der Waals surface area (Å²) < 4.78 is 5.48. The molecule has 2 aromatic heterocycles. The molecule has 1 unspecified atom stereocenters. The van der Waals surface area contributed by atoms with Crippen LogP contribution in [-0.4, -0.2) is 33.6 Å². The maximum absolute atomic E-state index is 12.3. The molecule has 112 valence electrons. The smallest absolute Gasteiger partial charge is 0.335 e. The highest BCUT2D eigenvalue weighted by atomic mass is 16.5. The molecule has 0 radical (unpaired) electrons. The third-order valence-electron chi connectivity index (χ3n) is 3.34. The van der Waals surface area contributed by atoms with Crippen LogP contribution in [0, 0.1) is 0 Å². The highest BCUT2D eigenvalue weighted by Gasteiger charge is 2.25. The van der Waals surface area contributed by atoms with Gasteiger partial charge >= 0.3 is 5.97 Å². The fourth-order valence-corrected chi connectivity index (χ4v) is 2.27. The zero-order chi connectivity index (χ0) is 15.5. The largest absolute Gasteiger partial charge is 0.491 e. The van der Waals surface area contributed by atoms with E-state index in [4.69, 9.17) is 9.84 Å². The lowest BCUT2D eigenvalue weighted by Crippen LogP contribution is -2.33. The van der Waals surface area contributed by atoms with Crippen molar-refractivity contribution in [1.29, 1.82) is 0 Å². The number of carbonyl (C=O) groups excluding carboxylic acids is 1. The van der Waals surface area contributed by atoms with Crippen LogP contribution in [0.5, 0.6) is 5.75 Å². The molecule has 1 amide bonds. The van der Waals surface area contributed by atoms with Crippen molar-refractivity contribution in [1.82, 2.24) is 15.3 Å². The number of amides is 1. The van der Waals surface area contributed by atoms with Crippen molar-refractivity contribution in [3.63, 3.8) is 0 Å². The van der Waals surface area contributed by atoms with E-state index in [9.17, 15) is 9.59 Å². The monoisotopic (exact) mass is 299 g/mol. The summed E-state index contributed by atoms with van der Waals surface area (Å²) in [4.78, 5) is 31.4. The van der Waals surface area contributed by atoms with E-state index in [2.05, 4.69) is 15.3 Å². The first-order chi connectivity index (χ1) is 10.6. The van der Waals surface area contributed by atoms with Crippen molar-refractivity contribution in [2.24, 2.45) is 0 Å². The average molecular weight is 299 g/mol. The summed E-state index contributed by atoms with van der Waals surface area (Å²) in [5.74, 6) is -0.896. The quantitative estimate of drug-likeness (QED) is 0.889. The van der Waals surface area contributed by atoms with Crippen LogP contribution in [0.3, 0.4) is 0 Å². The number of rotatable bonds is 3. The lowest BCUT2D eigenvalue weighted by molar-refractivity contribution is 0.0696. The van der Waals surface area contributed by atoms with E-state index >= 15 is 0 Å². The minimum absolute atomic E-state index is 0.0191. The maximum atomic E-state index is 12.3. The zero-order valence-electron chi connectivity index (χ0n) is 11.5. The first-order valence-electron chi connectivity index (χ1n) is 6.73.